The van der Waals surface area contributed by atoms with Gasteiger partial charge in [-0.25, -0.2) is 18.6 Å². The van der Waals surface area contributed by atoms with E-state index in [-0.39, 0.29) is 32.6 Å². The lowest BCUT2D eigenvalue weighted by molar-refractivity contribution is -0.121. The zero-order chi connectivity index (χ0) is 25.6. The van der Waals surface area contributed by atoms with Gasteiger partial charge in [0.05, 0.1) is 23.2 Å². The predicted molar refractivity (Wildman–Crippen MR) is 135 cm³/mol. The molecule has 0 aromatic heterocycles. The normalized spacial score (nSPS) is 11.7. The second kappa shape index (κ2) is 11.7. The molecule has 1 amide bonds. The minimum atomic E-state index is -4.17. The van der Waals surface area contributed by atoms with Gasteiger partial charge in [-0.1, -0.05) is 59.1 Å². The van der Waals surface area contributed by atoms with Gasteiger partial charge in [-0.15, -0.1) is 0 Å². The fraction of sp³-hybridized carbons (Fsp3) is 0.0870. The highest BCUT2D eigenvalue weighted by molar-refractivity contribution is 7.89. The van der Waals surface area contributed by atoms with Crippen molar-refractivity contribution < 1.29 is 23.1 Å². The summed E-state index contributed by atoms with van der Waals surface area (Å²) in [5.41, 5.74) is 2.79. The Labute approximate surface area is 216 Å². The molecule has 12 heteroatoms. The molecule has 0 aliphatic carbocycles. The zero-order valence-electron chi connectivity index (χ0n) is 17.9. The number of benzene rings is 3. The fourth-order valence-electron chi connectivity index (χ4n) is 3.01. The van der Waals surface area contributed by atoms with E-state index >= 15 is 0 Å². The summed E-state index contributed by atoms with van der Waals surface area (Å²) in [5, 5.41) is 13.8. The maximum atomic E-state index is 13.3. The van der Waals surface area contributed by atoms with Gasteiger partial charge >= 0.3 is 5.97 Å². The van der Waals surface area contributed by atoms with Crippen molar-refractivity contribution in [2.75, 3.05) is 6.54 Å². The van der Waals surface area contributed by atoms with Crippen LogP contribution in [0.5, 0.6) is 0 Å². The Bertz CT molecular complexity index is 1360. The van der Waals surface area contributed by atoms with Gasteiger partial charge in [-0.2, -0.15) is 9.41 Å². The molecule has 0 spiro atoms. The lowest BCUT2D eigenvalue weighted by Gasteiger charge is -2.22. The van der Waals surface area contributed by atoms with E-state index in [1.54, 1.807) is 30.3 Å². The van der Waals surface area contributed by atoms with Gasteiger partial charge in [0.1, 0.15) is 0 Å². The number of carbonyl (C=O) groups is 2. The monoisotopic (exact) mass is 553 g/mol. The summed E-state index contributed by atoms with van der Waals surface area (Å²) in [6, 6.07) is 16.3. The Hall–Kier alpha value is -2.95. The van der Waals surface area contributed by atoms with Gasteiger partial charge in [-0.3, -0.25) is 4.79 Å². The summed E-state index contributed by atoms with van der Waals surface area (Å²) in [6.45, 7) is -0.910. The highest BCUT2D eigenvalue weighted by Crippen LogP contribution is 2.28. The van der Waals surface area contributed by atoms with Crippen molar-refractivity contribution in [1.82, 2.24) is 9.73 Å². The smallest absolute Gasteiger partial charge is 0.336 e. The average Bonchev–Trinajstić information content (AvgIpc) is 2.81. The van der Waals surface area contributed by atoms with Crippen LogP contribution >= 0.6 is 34.8 Å². The molecule has 0 saturated carbocycles. The SMILES string of the molecule is O=C(CN(Cc1c(Cl)cccc1Cl)S(=O)(=O)c1ccc(Cl)cc1)N/N=C/c1ccccc1C(=O)O. The van der Waals surface area contributed by atoms with E-state index in [2.05, 4.69) is 10.5 Å². The molecule has 3 aromatic rings. The molecule has 8 nitrogen and oxygen atoms in total. The molecule has 0 aliphatic heterocycles. The van der Waals surface area contributed by atoms with Crippen molar-refractivity contribution in [3.8, 4) is 0 Å². The molecule has 0 atom stereocenters. The molecule has 182 valence electrons. The third kappa shape index (κ3) is 6.81. The standard InChI is InChI=1S/C23H18Cl3N3O5S/c24-16-8-10-17(11-9-16)35(33,34)29(13-19-20(25)6-3-7-21(19)26)14-22(30)28-27-12-15-4-1-2-5-18(15)23(31)32/h1-12H,13-14H2,(H,28,30)(H,31,32)/b27-12+. The van der Waals surface area contributed by atoms with Crippen LogP contribution in [0.4, 0.5) is 0 Å². The second-order valence-corrected chi connectivity index (χ2v) is 10.3. The van der Waals surface area contributed by atoms with Crippen LogP contribution in [0.25, 0.3) is 0 Å². The molecular formula is C23H18Cl3N3O5S. The van der Waals surface area contributed by atoms with Crippen LogP contribution in [0.3, 0.4) is 0 Å². The Morgan fingerprint density at radius 2 is 1.57 bits per heavy atom. The third-order valence-electron chi connectivity index (χ3n) is 4.75. The number of carbonyl (C=O) groups excluding carboxylic acids is 1. The quantitative estimate of drug-likeness (QED) is 0.294. The molecule has 3 rings (SSSR count). The maximum Gasteiger partial charge on any atom is 0.336 e. The molecule has 3 aromatic carbocycles. The molecule has 35 heavy (non-hydrogen) atoms. The Morgan fingerprint density at radius 3 is 2.20 bits per heavy atom. The number of sulfonamides is 1. The maximum absolute atomic E-state index is 13.3. The van der Waals surface area contributed by atoms with Gasteiger partial charge in [0, 0.05) is 32.7 Å². The summed E-state index contributed by atoms with van der Waals surface area (Å²) in [7, 11) is -4.17. The van der Waals surface area contributed by atoms with Crippen LogP contribution in [-0.2, 0) is 21.4 Å². The van der Waals surface area contributed by atoms with Crippen LogP contribution in [0.1, 0.15) is 21.5 Å². The molecule has 0 saturated heterocycles. The Balaban J connectivity index is 1.86. The minimum absolute atomic E-state index is 0.00852. The van der Waals surface area contributed by atoms with Crippen LogP contribution < -0.4 is 5.43 Å². The number of hydrogen-bond donors (Lipinski definition) is 2. The van der Waals surface area contributed by atoms with Gasteiger partial charge < -0.3 is 5.11 Å². The average molecular weight is 555 g/mol. The van der Waals surface area contributed by atoms with Crippen molar-refractivity contribution in [2.24, 2.45) is 5.10 Å². The largest absolute Gasteiger partial charge is 0.478 e. The number of hydrazone groups is 1. The second-order valence-electron chi connectivity index (χ2n) is 7.11. The highest BCUT2D eigenvalue weighted by Gasteiger charge is 2.28. The fourth-order valence-corrected chi connectivity index (χ4v) is 5.02. The van der Waals surface area contributed by atoms with Gasteiger partial charge in [0.15, 0.2) is 0 Å². The van der Waals surface area contributed by atoms with E-state index < -0.39 is 28.4 Å². The minimum Gasteiger partial charge on any atom is -0.478 e. The van der Waals surface area contributed by atoms with Gasteiger partial charge in [0.2, 0.25) is 10.0 Å². The number of hydrogen-bond acceptors (Lipinski definition) is 5. The van der Waals surface area contributed by atoms with E-state index in [4.69, 9.17) is 34.8 Å². The third-order valence-corrected chi connectivity index (χ3v) is 7.52. The van der Waals surface area contributed by atoms with E-state index in [0.717, 1.165) is 10.5 Å². The first-order valence-electron chi connectivity index (χ1n) is 9.92. The lowest BCUT2D eigenvalue weighted by Crippen LogP contribution is -2.39. The van der Waals surface area contributed by atoms with Crippen LogP contribution in [0.15, 0.2) is 76.7 Å². The van der Waals surface area contributed by atoms with Crippen molar-refractivity contribution in [2.45, 2.75) is 11.4 Å². The number of rotatable bonds is 9. The van der Waals surface area contributed by atoms with E-state index in [9.17, 15) is 23.1 Å². The first-order chi connectivity index (χ1) is 16.6. The van der Waals surface area contributed by atoms with E-state index in [1.165, 1.54) is 36.4 Å². The number of carboxylic acid groups (broad SMARTS) is 1. The number of aromatic carboxylic acids is 1. The number of nitrogens with one attached hydrogen (secondary N) is 1. The first-order valence-corrected chi connectivity index (χ1v) is 12.5. The van der Waals surface area contributed by atoms with Gasteiger partial charge in [-0.05, 0) is 42.5 Å². The number of nitrogens with zero attached hydrogens (tertiary/aromatic N) is 2. The molecule has 0 aliphatic rings. The van der Waals surface area contributed by atoms with Crippen molar-refractivity contribution in [3.05, 3.63) is 98.5 Å². The van der Waals surface area contributed by atoms with Crippen molar-refractivity contribution in [3.63, 3.8) is 0 Å². The Morgan fingerprint density at radius 1 is 0.943 bits per heavy atom. The predicted octanol–water partition coefficient (Wildman–Crippen LogP) is 4.69. The van der Waals surface area contributed by atoms with E-state index in [1.807, 2.05) is 0 Å². The van der Waals surface area contributed by atoms with Crippen molar-refractivity contribution >= 4 is 62.9 Å². The molecular weight excluding hydrogens is 537 g/mol. The molecule has 0 unspecified atom stereocenters. The topological polar surface area (TPSA) is 116 Å². The molecule has 0 fully saturated rings. The Kier molecular flexibility index (Phi) is 8.87. The number of carboxylic acids is 1. The molecule has 0 radical (unpaired) electrons. The summed E-state index contributed by atoms with van der Waals surface area (Å²) < 4.78 is 27.6. The molecule has 2 N–H and O–H groups in total. The lowest BCUT2D eigenvalue weighted by atomic mass is 10.1. The van der Waals surface area contributed by atoms with Crippen molar-refractivity contribution in [1.29, 1.82) is 0 Å². The molecule has 0 bridgehead atoms. The molecule has 0 heterocycles. The van der Waals surface area contributed by atoms with Crippen LogP contribution in [0.2, 0.25) is 15.1 Å². The van der Waals surface area contributed by atoms with Crippen LogP contribution in [0, 0.1) is 0 Å². The van der Waals surface area contributed by atoms with Gasteiger partial charge in [0.25, 0.3) is 5.91 Å². The summed E-state index contributed by atoms with van der Waals surface area (Å²) >= 11 is 18.3. The highest BCUT2D eigenvalue weighted by atomic mass is 35.5. The summed E-state index contributed by atoms with van der Waals surface area (Å²) in [5.74, 6) is -1.93. The van der Waals surface area contributed by atoms with Crippen LogP contribution in [-0.4, -0.2) is 42.5 Å². The summed E-state index contributed by atoms with van der Waals surface area (Å²) in [6.07, 6.45) is 1.16. The first kappa shape index (κ1) is 26.7. The number of amides is 1. The van der Waals surface area contributed by atoms with E-state index in [0.29, 0.717) is 10.6 Å². The summed E-state index contributed by atoms with van der Waals surface area (Å²) in [4.78, 5) is 23.8. The number of halogens is 3. The zero-order valence-corrected chi connectivity index (χ0v) is 20.9.